The van der Waals surface area contributed by atoms with Gasteiger partial charge in [0.25, 0.3) is 0 Å². The van der Waals surface area contributed by atoms with E-state index in [0.29, 0.717) is 22.8 Å². The summed E-state index contributed by atoms with van der Waals surface area (Å²) in [5.74, 6) is 0.589. The monoisotopic (exact) mass is 308 g/mol. The van der Waals surface area contributed by atoms with Crippen LogP contribution in [0.3, 0.4) is 0 Å². The Balaban J connectivity index is 1.89. The first-order valence-electron chi connectivity index (χ1n) is 6.10. The van der Waals surface area contributed by atoms with E-state index in [4.69, 9.17) is 16.3 Å². The zero-order chi connectivity index (χ0) is 14.1. The quantitative estimate of drug-likeness (QED) is 0.804. The summed E-state index contributed by atoms with van der Waals surface area (Å²) >= 11 is 7.72. The van der Waals surface area contributed by atoms with E-state index in [1.165, 1.54) is 0 Å². The molecule has 0 bridgehead atoms. The van der Waals surface area contributed by atoms with Crippen molar-refractivity contribution < 1.29 is 9.84 Å². The molecule has 104 valence electrons. The molecule has 0 radical (unpaired) electrons. The standard InChI is InChI=1S/C14H13ClN2O2S/c1-19-12-4-2-3-10(15)13(12)11(18)7-9-8-17-5-6-20-14(17)16-9/h2-6,8,11,18H,7H2,1H3. The lowest BCUT2D eigenvalue weighted by Gasteiger charge is -2.15. The van der Waals surface area contributed by atoms with Gasteiger partial charge in [-0.1, -0.05) is 17.7 Å². The van der Waals surface area contributed by atoms with Crippen molar-refractivity contribution in [3.8, 4) is 5.75 Å². The number of rotatable bonds is 4. The minimum atomic E-state index is -0.747. The number of imidazole rings is 1. The number of fused-ring (bicyclic) bond motifs is 1. The summed E-state index contributed by atoms with van der Waals surface area (Å²) in [5.41, 5.74) is 1.43. The molecule has 0 saturated heterocycles. The van der Waals surface area contributed by atoms with E-state index in [1.807, 2.05) is 22.2 Å². The Morgan fingerprint density at radius 3 is 3.10 bits per heavy atom. The number of nitrogens with zero attached hydrogens (tertiary/aromatic N) is 2. The third-order valence-corrected chi connectivity index (χ3v) is 4.21. The van der Waals surface area contributed by atoms with Crippen LogP contribution < -0.4 is 4.74 Å². The van der Waals surface area contributed by atoms with Crippen molar-refractivity contribution in [1.82, 2.24) is 9.38 Å². The molecular weight excluding hydrogens is 296 g/mol. The molecule has 0 aliphatic carbocycles. The fourth-order valence-corrected chi connectivity index (χ4v) is 3.20. The summed E-state index contributed by atoms with van der Waals surface area (Å²) in [6, 6.07) is 5.33. The van der Waals surface area contributed by atoms with E-state index >= 15 is 0 Å². The molecule has 0 saturated carbocycles. The SMILES string of the molecule is COc1cccc(Cl)c1C(O)Cc1cn2ccsc2n1. The summed E-state index contributed by atoms with van der Waals surface area (Å²) in [6.07, 6.45) is 3.51. The van der Waals surface area contributed by atoms with Crippen LogP contribution in [-0.2, 0) is 6.42 Å². The van der Waals surface area contributed by atoms with Gasteiger partial charge in [0.15, 0.2) is 4.96 Å². The molecule has 1 unspecified atom stereocenters. The van der Waals surface area contributed by atoms with E-state index in [2.05, 4.69) is 4.98 Å². The maximum Gasteiger partial charge on any atom is 0.193 e. The molecule has 1 aromatic carbocycles. The fourth-order valence-electron chi connectivity index (χ4n) is 2.19. The number of benzene rings is 1. The van der Waals surface area contributed by atoms with Crippen LogP contribution in [-0.4, -0.2) is 21.6 Å². The Bertz CT molecular complexity index is 709. The van der Waals surface area contributed by atoms with Gasteiger partial charge < -0.3 is 9.84 Å². The van der Waals surface area contributed by atoms with Gasteiger partial charge in [0.2, 0.25) is 0 Å². The van der Waals surface area contributed by atoms with Gasteiger partial charge in [0, 0.05) is 29.8 Å². The third-order valence-electron chi connectivity index (χ3n) is 3.11. The lowest BCUT2D eigenvalue weighted by atomic mass is 10.0. The zero-order valence-corrected chi connectivity index (χ0v) is 12.4. The molecule has 0 aliphatic rings. The fraction of sp³-hybridized carbons (Fsp3) is 0.214. The van der Waals surface area contributed by atoms with Crippen LogP contribution >= 0.6 is 22.9 Å². The Hall–Kier alpha value is -1.56. The van der Waals surface area contributed by atoms with Crippen LogP contribution in [0.4, 0.5) is 0 Å². The minimum Gasteiger partial charge on any atom is -0.496 e. The van der Waals surface area contributed by atoms with Gasteiger partial charge in [-0.25, -0.2) is 4.98 Å². The van der Waals surface area contributed by atoms with Crippen molar-refractivity contribution in [3.63, 3.8) is 0 Å². The van der Waals surface area contributed by atoms with Gasteiger partial charge in [0.05, 0.1) is 23.9 Å². The predicted molar refractivity (Wildman–Crippen MR) is 79.7 cm³/mol. The second kappa shape index (κ2) is 5.44. The highest BCUT2D eigenvalue weighted by Gasteiger charge is 2.19. The number of hydrogen-bond acceptors (Lipinski definition) is 4. The minimum absolute atomic E-state index is 0.397. The van der Waals surface area contributed by atoms with Gasteiger partial charge in [-0.2, -0.15) is 0 Å². The summed E-state index contributed by atoms with van der Waals surface area (Å²) < 4.78 is 7.20. The van der Waals surface area contributed by atoms with E-state index in [0.717, 1.165) is 10.7 Å². The van der Waals surface area contributed by atoms with Crippen LogP contribution in [0.2, 0.25) is 5.02 Å². The first-order valence-corrected chi connectivity index (χ1v) is 7.36. The second-order valence-corrected chi connectivity index (χ2v) is 5.68. The molecule has 0 spiro atoms. The predicted octanol–water partition coefficient (Wildman–Crippen LogP) is 3.33. The van der Waals surface area contributed by atoms with E-state index in [9.17, 15) is 5.11 Å². The van der Waals surface area contributed by atoms with Gasteiger partial charge in [0.1, 0.15) is 5.75 Å². The Kier molecular flexibility index (Phi) is 3.65. The van der Waals surface area contributed by atoms with Crippen molar-refractivity contribution in [2.45, 2.75) is 12.5 Å². The molecule has 6 heteroatoms. The molecule has 2 heterocycles. The van der Waals surface area contributed by atoms with E-state index in [1.54, 1.807) is 36.6 Å². The number of aromatic nitrogens is 2. The van der Waals surface area contributed by atoms with Crippen molar-refractivity contribution in [1.29, 1.82) is 0 Å². The summed E-state index contributed by atoms with van der Waals surface area (Å²) in [5, 5.41) is 12.9. The maximum absolute atomic E-state index is 10.4. The van der Waals surface area contributed by atoms with Crippen LogP contribution in [0.25, 0.3) is 4.96 Å². The van der Waals surface area contributed by atoms with Crippen molar-refractivity contribution in [3.05, 3.63) is 52.3 Å². The molecule has 4 nitrogen and oxygen atoms in total. The molecule has 2 aromatic heterocycles. The maximum atomic E-state index is 10.4. The number of hydrogen-bond donors (Lipinski definition) is 1. The molecule has 0 fully saturated rings. The lowest BCUT2D eigenvalue weighted by molar-refractivity contribution is 0.173. The number of thiazole rings is 1. The third kappa shape index (κ3) is 2.40. The second-order valence-electron chi connectivity index (χ2n) is 4.40. The molecule has 3 aromatic rings. The molecule has 0 amide bonds. The topological polar surface area (TPSA) is 46.8 Å². The number of methoxy groups -OCH3 is 1. The van der Waals surface area contributed by atoms with Crippen molar-refractivity contribution in [2.24, 2.45) is 0 Å². The smallest absolute Gasteiger partial charge is 0.193 e. The first kappa shape index (κ1) is 13.4. The largest absolute Gasteiger partial charge is 0.496 e. The number of aliphatic hydroxyl groups is 1. The van der Waals surface area contributed by atoms with Gasteiger partial charge >= 0.3 is 0 Å². The Labute approximate surface area is 125 Å². The lowest BCUT2D eigenvalue weighted by Crippen LogP contribution is -2.05. The highest BCUT2D eigenvalue weighted by molar-refractivity contribution is 7.15. The summed E-state index contributed by atoms with van der Waals surface area (Å²) in [4.78, 5) is 5.38. The Morgan fingerprint density at radius 1 is 1.50 bits per heavy atom. The van der Waals surface area contributed by atoms with Crippen molar-refractivity contribution >= 4 is 27.9 Å². The summed E-state index contributed by atoms with van der Waals surface area (Å²) in [7, 11) is 1.56. The molecule has 0 aliphatic heterocycles. The average Bonchev–Trinajstić information content (AvgIpc) is 2.98. The number of ether oxygens (including phenoxy) is 1. The highest BCUT2D eigenvalue weighted by atomic mass is 35.5. The molecule has 20 heavy (non-hydrogen) atoms. The van der Waals surface area contributed by atoms with Crippen LogP contribution in [0.15, 0.2) is 36.0 Å². The normalized spacial score (nSPS) is 12.8. The first-order chi connectivity index (χ1) is 9.69. The molecule has 1 N–H and O–H groups in total. The number of aliphatic hydroxyl groups excluding tert-OH is 1. The number of halogens is 1. The molecule has 1 atom stereocenters. The van der Waals surface area contributed by atoms with Gasteiger partial charge in [-0.3, -0.25) is 4.40 Å². The molecular formula is C14H13ClN2O2S. The van der Waals surface area contributed by atoms with E-state index in [-0.39, 0.29) is 0 Å². The van der Waals surface area contributed by atoms with Crippen LogP contribution in [0.1, 0.15) is 17.4 Å². The van der Waals surface area contributed by atoms with Gasteiger partial charge in [-0.15, -0.1) is 11.3 Å². The van der Waals surface area contributed by atoms with E-state index < -0.39 is 6.10 Å². The van der Waals surface area contributed by atoms with Crippen LogP contribution in [0.5, 0.6) is 5.75 Å². The highest BCUT2D eigenvalue weighted by Crippen LogP contribution is 2.33. The average molecular weight is 309 g/mol. The molecule has 3 rings (SSSR count). The van der Waals surface area contributed by atoms with Crippen LogP contribution in [0, 0.1) is 0 Å². The summed E-state index contributed by atoms with van der Waals surface area (Å²) in [6.45, 7) is 0. The van der Waals surface area contributed by atoms with Crippen molar-refractivity contribution in [2.75, 3.05) is 7.11 Å². The Morgan fingerprint density at radius 2 is 2.35 bits per heavy atom. The van der Waals surface area contributed by atoms with Gasteiger partial charge in [-0.05, 0) is 12.1 Å². The zero-order valence-electron chi connectivity index (χ0n) is 10.8.